The Morgan fingerprint density at radius 2 is 2.06 bits per heavy atom. The van der Waals surface area contributed by atoms with Gasteiger partial charge in [0.25, 0.3) is 0 Å². The van der Waals surface area contributed by atoms with Crippen LogP contribution in [0.2, 0.25) is 0 Å². The molecule has 17 heavy (non-hydrogen) atoms. The summed E-state index contributed by atoms with van der Waals surface area (Å²) in [4.78, 5) is 12.2. The monoisotopic (exact) mass is 232 g/mol. The molecule has 88 valence electrons. The first-order chi connectivity index (χ1) is 8.16. The Morgan fingerprint density at radius 1 is 1.24 bits per heavy atom. The van der Waals surface area contributed by atoms with Crippen LogP contribution in [0, 0.1) is 12.7 Å². The summed E-state index contributed by atoms with van der Waals surface area (Å²) in [5.41, 5.74) is 0.378. The zero-order valence-electron chi connectivity index (χ0n) is 9.68. The summed E-state index contributed by atoms with van der Waals surface area (Å²) in [7, 11) is 0. The highest BCUT2D eigenvalue weighted by Gasteiger charge is 2.12. The van der Waals surface area contributed by atoms with Crippen LogP contribution in [-0.4, -0.2) is 15.0 Å². The number of rotatable bonds is 3. The van der Waals surface area contributed by atoms with Crippen LogP contribution in [0.1, 0.15) is 24.5 Å². The number of halogens is 1. The van der Waals surface area contributed by atoms with E-state index in [4.69, 9.17) is 0 Å². The van der Waals surface area contributed by atoms with Crippen LogP contribution >= 0.6 is 0 Å². The van der Waals surface area contributed by atoms with E-state index in [2.05, 4.69) is 20.3 Å². The zero-order chi connectivity index (χ0) is 12.3. The van der Waals surface area contributed by atoms with E-state index in [1.54, 1.807) is 31.5 Å². The second-order valence-corrected chi connectivity index (χ2v) is 3.73. The Kier molecular flexibility index (Phi) is 3.27. The van der Waals surface area contributed by atoms with Gasteiger partial charge in [-0.1, -0.05) is 0 Å². The average molecular weight is 232 g/mol. The number of hydrogen-bond donors (Lipinski definition) is 1. The maximum atomic E-state index is 13.5. The molecule has 1 unspecified atom stereocenters. The van der Waals surface area contributed by atoms with Crippen LogP contribution in [0.3, 0.4) is 0 Å². The first-order valence-electron chi connectivity index (χ1n) is 5.33. The minimum atomic E-state index is -0.321. The molecule has 5 heteroatoms. The highest BCUT2D eigenvalue weighted by atomic mass is 19.1. The molecule has 0 spiro atoms. The Labute approximate surface area is 99.0 Å². The normalized spacial score (nSPS) is 12.2. The fraction of sp³-hybridized carbons (Fsp3) is 0.250. The summed E-state index contributed by atoms with van der Waals surface area (Å²) in [6, 6.07) is 4.46. The van der Waals surface area contributed by atoms with Crippen molar-refractivity contribution >= 4 is 5.82 Å². The summed E-state index contributed by atoms with van der Waals surface area (Å²) in [6.07, 6.45) is 3.23. The summed E-state index contributed by atoms with van der Waals surface area (Å²) in [5, 5.41) is 3.09. The largest absolute Gasteiger partial charge is 0.362 e. The molecular weight excluding hydrogens is 219 g/mol. The van der Waals surface area contributed by atoms with Gasteiger partial charge in [0.05, 0.1) is 11.7 Å². The molecular formula is C12H13FN4. The molecule has 2 heterocycles. The minimum Gasteiger partial charge on any atom is -0.362 e. The number of pyridine rings is 1. The molecule has 0 radical (unpaired) electrons. The lowest BCUT2D eigenvalue weighted by atomic mass is 10.2. The number of nitrogens with one attached hydrogen (secondary N) is 1. The molecule has 0 fully saturated rings. The standard InChI is InChI=1S/C12H13FN4/c1-8(12-10(13)4-3-6-15-12)16-11-5-7-14-9(2)17-11/h3-8H,1-2H3,(H,14,16,17). The SMILES string of the molecule is Cc1nccc(NC(C)c2ncccc2F)n1. The Morgan fingerprint density at radius 3 is 2.76 bits per heavy atom. The zero-order valence-corrected chi connectivity index (χ0v) is 9.68. The molecule has 0 aliphatic heterocycles. The maximum absolute atomic E-state index is 13.5. The summed E-state index contributed by atoms with van der Waals surface area (Å²) in [6.45, 7) is 3.64. The molecule has 0 amide bonds. The molecule has 0 aliphatic rings. The molecule has 0 aromatic carbocycles. The van der Waals surface area contributed by atoms with Gasteiger partial charge in [-0.15, -0.1) is 0 Å². The van der Waals surface area contributed by atoms with E-state index in [0.717, 1.165) is 0 Å². The molecule has 0 saturated carbocycles. The average Bonchev–Trinajstić information content (AvgIpc) is 2.29. The van der Waals surface area contributed by atoms with Gasteiger partial charge in [0, 0.05) is 12.4 Å². The highest BCUT2D eigenvalue weighted by molar-refractivity contribution is 5.36. The Bertz CT molecular complexity index is 515. The summed E-state index contributed by atoms with van der Waals surface area (Å²) in [5.74, 6) is 1.01. The summed E-state index contributed by atoms with van der Waals surface area (Å²) < 4.78 is 13.5. The van der Waals surface area contributed by atoms with Crippen molar-refractivity contribution in [3.8, 4) is 0 Å². The third-order valence-corrected chi connectivity index (χ3v) is 2.34. The second kappa shape index (κ2) is 4.86. The number of nitrogens with zero attached hydrogens (tertiary/aromatic N) is 3. The predicted octanol–water partition coefficient (Wildman–Crippen LogP) is 2.49. The first kappa shape index (κ1) is 11.4. The Balaban J connectivity index is 2.17. The van der Waals surface area contributed by atoms with Crippen molar-refractivity contribution in [3.63, 3.8) is 0 Å². The van der Waals surface area contributed by atoms with E-state index < -0.39 is 0 Å². The summed E-state index contributed by atoms with van der Waals surface area (Å²) >= 11 is 0. The predicted molar refractivity (Wildman–Crippen MR) is 63.0 cm³/mol. The van der Waals surface area contributed by atoms with E-state index in [9.17, 15) is 4.39 Å². The van der Waals surface area contributed by atoms with Gasteiger partial charge >= 0.3 is 0 Å². The van der Waals surface area contributed by atoms with Gasteiger partial charge in [-0.05, 0) is 32.0 Å². The smallest absolute Gasteiger partial charge is 0.146 e. The van der Waals surface area contributed by atoms with Crippen LogP contribution < -0.4 is 5.32 Å². The molecule has 2 rings (SSSR count). The van der Waals surface area contributed by atoms with Gasteiger partial charge in [0.2, 0.25) is 0 Å². The van der Waals surface area contributed by atoms with Crippen LogP contribution in [-0.2, 0) is 0 Å². The molecule has 1 atom stereocenters. The second-order valence-electron chi connectivity index (χ2n) is 3.73. The lowest BCUT2D eigenvalue weighted by Crippen LogP contribution is -2.11. The number of hydrogen-bond acceptors (Lipinski definition) is 4. The fourth-order valence-electron chi connectivity index (χ4n) is 1.54. The van der Waals surface area contributed by atoms with Crippen molar-refractivity contribution in [1.29, 1.82) is 0 Å². The lowest BCUT2D eigenvalue weighted by Gasteiger charge is -2.14. The van der Waals surface area contributed by atoms with Gasteiger partial charge in [0.15, 0.2) is 0 Å². The van der Waals surface area contributed by atoms with Crippen LogP contribution in [0.4, 0.5) is 10.2 Å². The van der Waals surface area contributed by atoms with Crippen molar-refractivity contribution in [2.24, 2.45) is 0 Å². The van der Waals surface area contributed by atoms with Crippen LogP contribution in [0.15, 0.2) is 30.6 Å². The third kappa shape index (κ3) is 2.75. The molecule has 1 N–H and O–H groups in total. The van der Waals surface area contributed by atoms with E-state index in [0.29, 0.717) is 17.3 Å². The van der Waals surface area contributed by atoms with Gasteiger partial charge in [-0.25, -0.2) is 14.4 Å². The molecule has 0 aliphatic carbocycles. The molecule has 0 bridgehead atoms. The minimum absolute atomic E-state index is 0.245. The van der Waals surface area contributed by atoms with Crippen molar-refractivity contribution in [2.75, 3.05) is 5.32 Å². The van der Waals surface area contributed by atoms with Gasteiger partial charge < -0.3 is 5.32 Å². The number of anilines is 1. The molecule has 2 aromatic heterocycles. The number of aryl methyl sites for hydroxylation is 1. The van der Waals surface area contributed by atoms with Crippen LogP contribution in [0.25, 0.3) is 0 Å². The van der Waals surface area contributed by atoms with E-state index in [-0.39, 0.29) is 11.9 Å². The quantitative estimate of drug-likeness (QED) is 0.883. The first-order valence-corrected chi connectivity index (χ1v) is 5.33. The third-order valence-electron chi connectivity index (χ3n) is 2.34. The molecule has 4 nitrogen and oxygen atoms in total. The van der Waals surface area contributed by atoms with E-state index in [1.807, 2.05) is 6.92 Å². The van der Waals surface area contributed by atoms with Crippen LogP contribution in [0.5, 0.6) is 0 Å². The molecule has 2 aromatic rings. The number of aromatic nitrogens is 3. The van der Waals surface area contributed by atoms with Crippen molar-refractivity contribution < 1.29 is 4.39 Å². The van der Waals surface area contributed by atoms with E-state index >= 15 is 0 Å². The fourth-order valence-corrected chi connectivity index (χ4v) is 1.54. The topological polar surface area (TPSA) is 50.7 Å². The van der Waals surface area contributed by atoms with Crippen molar-refractivity contribution in [3.05, 3.63) is 47.9 Å². The van der Waals surface area contributed by atoms with Crippen molar-refractivity contribution in [2.45, 2.75) is 19.9 Å². The van der Waals surface area contributed by atoms with Crippen molar-refractivity contribution in [1.82, 2.24) is 15.0 Å². The maximum Gasteiger partial charge on any atom is 0.146 e. The van der Waals surface area contributed by atoms with E-state index in [1.165, 1.54) is 6.07 Å². The molecule has 0 saturated heterocycles. The lowest BCUT2D eigenvalue weighted by molar-refractivity contribution is 0.586. The Hall–Kier alpha value is -2.04. The van der Waals surface area contributed by atoms with Gasteiger partial charge in [-0.3, -0.25) is 4.98 Å². The highest BCUT2D eigenvalue weighted by Crippen LogP contribution is 2.17. The van der Waals surface area contributed by atoms with Gasteiger partial charge in [0.1, 0.15) is 17.5 Å². The van der Waals surface area contributed by atoms with Gasteiger partial charge in [-0.2, -0.15) is 0 Å².